The number of phenolic OH excluding ortho intramolecular Hbond substituents is 1. The van der Waals surface area contributed by atoms with Crippen LogP contribution in [0.25, 0.3) is 11.1 Å². The van der Waals surface area contributed by atoms with E-state index >= 15 is 0 Å². The van der Waals surface area contributed by atoms with Crippen molar-refractivity contribution < 1.29 is 35.7 Å². The van der Waals surface area contributed by atoms with E-state index in [0.29, 0.717) is 33.2 Å². The fraction of sp³-hybridized carbons (Fsp3) is 0.381. The van der Waals surface area contributed by atoms with Gasteiger partial charge in [-0.2, -0.15) is 35.9 Å². The molecule has 0 amide bonds. The molecule has 1 N–H and O–H groups in total. The minimum Gasteiger partial charge on any atom is -1.00 e. The Labute approximate surface area is 471 Å². The minimum absolute atomic E-state index is 0. The summed E-state index contributed by atoms with van der Waals surface area (Å²) in [5.74, 6) is 2.23. The first-order valence-electron chi connectivity index (χ1n) is 25.5. The molecule has 0 fully saturated rings. The zero-order valence-corrected chi connectivity index (χ0v) is 51.9. The van der Waals surface area contributed by atoms with Crippen LogP contribution in [0.15, 0.2) is 158 Å². The van der Waals surface area contributed by atoms with Crippen LogP contribution in [0, 0.1) is 13.0 Å². The van der Waals surface area contributed by atoms with Crippen LogP contribution < -0.4 is 25.8 Å². The molecule has 0 aromatic heterocycles. The van der Waals surface area contributed by atoms with Crippen molar-refractivity contribution >= 4 is 69.0 Å². The maximum absolute atomic E-state index is 13.1. The summed E-state index contributed by atoms with van der Waals surface area (Å²) < 4.78 is 13.6. The molecule has 9 heteroatoms. The topological polar surface area (TPSA) is 55.8 Å². The Bertz CT molecular complexity index is 2420. The third kappa shape index (κ3) is 17.1. The number of carbonyl (C=O) groups is 1. The van der Waals surface area contributed by atoms with E-state index in [0.717, 1.165) is 46.6 Å². The number of allylic oxidation sites excluding steroid dienone is 1. The van der Waals surface area contributed by atoms with Crippen LogP contribution in [0.5, 0.6) is 17.2 Å². The number of Topliss-reactive ketones (excluding diaryl/α,β-unsaturated/α-hetero) is 1. The number of hydrogen-bond acceptors (Lipinski definition) is 4. The van der Waals surface area contributed by atoms with Gasteiger partial charge in [0.25, 0.3) is 16.6 Å². The van der Waals surface area contributed by atoms with Crippen LogP contribution in [0.4, 0.5) is 0 Å². The third-order valence-corrected chi connectivity index (χ3v) is 26.0. The Hall–Kier alpha value is -3.90. The van der Waals surface area contributed by atoms with Gasteiger partial charge in [0, 0.05) is 11.5 Å². The molecule has 0 spiro atoms. The van der Waals surface area contributed by atoms with E-state index in [1.807, 2.05) is 91.0 Å². The maximum atomic E-state index is 13.1. The van der Waals surface area contributed by atoms with E-state index in [4.69, 9.17) is 8.85 Å². The molecular formula is C63H84BrClMgO4Si2. The predicted molar refractivity (Wildman–Crippen MR) is 314 cm³/mol. The first-order valence-corrected chi connectivity index (χ1v) is 29.8. The van der Waals surface area contributed by atoms with E-state index in [1.165, 1.54) is 22.3 Å². The SMILES string of the molecule is CC/C(=C(/c1ccc(O)cc1)c1ccc(O[Si](C(C)C)(C(C)C)C(C)C)cc1)c1ccccc1.CCC(C(=O)c1ccc(O[Si](C(C)C)(C(C)C)C(C)C)cc1)c1ccccc1.Cc1cc[c-]cc1.Cl.[Br-].[Mg+2]. The molecule has 0 radical (unpaired) electrons. The normalized spacial score (nSPS) is 12.1. The average molecular weight is 1100 g/mol. The summed E-state index contributed by atoms with van der Waals surface area (Å²) in [6, 6.07) is 55.5. The zero-order chi connectivity index (χ0) is 50.9. The van der Waals surface area contributed by atoms with Crippen molar-refractivity contribution in [3.8, 4) is 17.2 Å². The van der Waals surface area contributed by atoms with Gasteiger partial charge in [0.15, 0.2) is 5.78 Å². The molecule has 72 heavy (non-hydrogen) atoms. The van der Waals surface area contributed by atoms with Crippen molar-refractivity contribution in [3.63, 3.8) is 0 Å². The molecule has 0 bridgehead atoms. The van der Waals surface area contributed by atoms with Crippen molar-refractivity contribution in [1.82, 2.24) is 0 Å². The van der Waals surface area contributed by atoms with Crippen molar-refractivity contribution in [2.75, 3.05) is 0 Å². The van der Waals surface area contributed by atoms with Crippen LogP contribution in [0.3, 0.4) is 0 Å². The number of aryl methyl sites for hydroxylation is 1. The quantitative estimate of drug-likeness (QED) is 0.0403. The molecule has 6 aromatic rings. The molecule has 0 aliphatic heterocycles. The first-order chi connectivity index (χ1) is 32.8. The largest absolute Gasteiger partial charge is 2.00 e. The fourth-order valence-corrected chi connectivity index (χ4v) is 21.2. The fourth-order valence-electron chi connectivity index (χ4n) is 10.7. The molecule has 6 rings (SSSR count). The predicted octanol–water partition coefficient (Wildman–Crippen LogP) is 15.8. The van der Waals surface area contributed by atoms with Crippen LogP contribution in [-0.2, 0) is 0 Å². The van der Waals surface area contributed by atoms with E-state index in [2.05, 4.69) is 165 Å². The van der Waals surface area contributed by atoms with Gasteiger partial charge in [-0.25, -0.2) is 0 Å². The molecule has 0 aliphatic carbocycles. The van der Waals surface area contributed by atoms with E-state index in [-0.39, 0.29) is 69.9 Å². The summed E-state index contributed by atoms with van der Waals surface area (Å²) in [7, 11) is -3.98. The van der Waals surface area contributed by atoms with E-state index in [9.17, 15) is 9.90 Å². The van der Waals surface area contributed by atoms with Gasteiger partial charge in [0.05, 0.1) is 0 Å². The summed E-state index contributed by atoms with van der Waals surface area (Å²) in [4.78, 5) is 13.1. The standard InChI is InChI=1S/C31H40O2Si.C25H36O2Si.C7H7.BrH.ClH.Mg/c1-8-30(25-12-10-9-11-13-25)31(26-14-18-28(32)19-15-26)27-16-20-29(21-17-27)33-34(22(2)3,23(4)5)24(6)7;1-8-24(21-12-10-9-11-13-21)25(26)22-14-16-23(17-15-22)27-28(18(2)3,19(4)5)20(6)7;1-7-5-3-2-4-6-7;;;/h9-24,32H,8H2,1-7H3;9-20,24H,8H2,1-7H3;3-6H,1H3;2*1H;/q;;-1;;;+2/p-1/b31-30+;;;;;. The van der Waals surface area contributed by atoms with Gasteiger partial charge >= 0.3 is 23.1 Å². The molecule has 1 unspecified atom stereocenters. The Morgan fingerprint density at radius 3 is 1.21 bits per heavy atom. The molecule has 0 saturated carbocycles. The van der Waals surface area contributed by atoms with Gasteiger partial charge in [0.1, 0.15) is 17.2 Å². The summed E-state index contributed by atoms with van der Waals surface area (Å²) in [6.07, 6.45) is 1.70. The van der Waals surface area contributed by atoms with E-state index in [1.54, 1.807) is 12.1 Å². The van der Waals surface area contributed by atoms with Crippen LogP contribution in [0.1, 0.15) is 154 Å². The van der Waals surface area contributed by atoms with Gasteiger partial charge < -0.3 is 30.9 Å². The van der Waals surface area contributed by atoms with Crippen molar-refractivity contribution in [3.05, 3.63) is 197 Å². The second-order valence-corrected chi connectivity index (χ2v) is 31.1. The second kappa shape index (κ2) is 31.7. The Kier molecular flexibility index (Phi) is 29.2. The van der Waals surface area contributed by atoms with Gasteiger partial charge in [-0.15, -0.1) is 12.4 Å². The van der Waals surface area contributed by atoms with Crippen LogP contribution in [0.2, 0.25) is 33.2 Å². The smallest absolute Gasteiger partial charge is 1.00 e. The zero-order valence-electron chi connectivity index (χ0n) is 46.1. The number of ketones is 1. The molecule has 1 atom stereocenters. The maximum Gasteiger partial charge on any atom is 2.00 e. The average Bonchev–Trinajstić information content (AvgIpc) is 3.33. The van der Waals surface area contributed by atoms with Crippen molar-refractivity contribution in [2.24, 2.45) is 0 Å². The number of halogens is 2. The van der Waals surface area contributed by atoms with Crippen LogP contribution in [-0.4, -0.2) is 50.6 Å². The third-order valence-electron chi connectivity index (χ3n) is 14.0. The number of aromatic hydroxyl groups is 1. The summed E-state index contributed by atoms with van der Waals surface area (Å²) in [5.41, 5.74) is 12.3. The number of benzene rings is 6. The summed E-state index contributed by atoms with van der Waals surface area (Å²) in [5, 5.41) is 9.87. The number of rotatable bonds is 18. The van der Waals surface area contributed by atoms with Crippen LogP contribution >= 0.6 is 12.4 Å². The molecule has 6 aromatic carbocycles. The Morgan fingerprint density at radius 2 is 0.875 bits per heavy atom. The Morgan fingerprint density at radius 1 is 0.514 bits per heavy atom. The molecule has 4 nitrogen and oxygen atoms in total. The summed E-state index contributed by atoms with van der Waals surface area (Å²) >= 11 is 0. The van der Waals surface area contributed by atoms with Gasteiger partial charge in [-0.3, -0.25) is 4.79 Å². The second-order valence-electron chi connectivity index (χ2n) is 20.3. The van der Waals surface area contributed by atoms with Gasteiger partial charge in [-0.05, 0) is 128 Å². The number of hydrogen-bond donors (Lipinski definition) is 1. The van der Waals surface area contributed by atoms with Gasteiger partial charge in [0.2, 0.25) is 0 Å². The minimum atomic E-state index is -2.00. The number of phenols is 1. The molecule has 0 heterocycles. The van der Waals surface area contributed by atoms with E-state index < -0.39 is 16.6 Å². The van der Waals surface area contributed by atoms with Crippen molar-refractivity contribution in [2.45, 2.75) is 156 Å². The molecule has 384 valence electrons. The number of carbonyl (C=O) groups excluding carboxylic acids is 1. The first kappa shape index (κ1) is 66.1. The molecule has 0 aliphatic rings. The molecular weight excluding hydrogens is 1020 g/mol. The Balaban J connectivity index is 0.000000617. The molecule has 0 saturated heterocycles. The summed E-state index contributed by atoms with van der Waals surface area (Å²) in [6.45, 7) is 34.0. The van der Waals surface area contributed by atoms with Crippen molar-refractivity contribution in [1.29, 1.82) is 0 Å². The monoisotopic (exact) mass is 1100 g/mol. The van der Waals surface area contributed by atoms with Gasteiger partial charge in [-0.1, -0.05) is 189 Å².